The van der Waals surface area contributed by atoms with E-state index in [2.05, 4.69) is 16.0 Å². The van der Waals surface area contributed by atoms with E-state index in [9.17, 15) is 10.2 Å². The fourth-order valence-electron chi connectivity index (χ4n) is 6.90. The van der Waals surface area contributed by atoms with Crippen molar-refractivity contribution in [2.45, 2.75) is 75.3 Å². The van der Waals surface area contributed by atoms with Gasteiger partial charge in [-0.2, -0.15) is 0 Å². The quantitative estimate of drug-likeness (QED) is 0.848. The van der Waals surface area contributed by atoms with Gasteiger partial charge < -0.3 is 15.1 Å². The van der Waals surface area contributed by atoms with Gasteiger partial charge in [-0.15, -0.1) is 0 Å². The predicted octanol–water partition coefficient (Wildman–Crippen LogP) is 2.87. The molecule has 142 valence electrons. The van der Waals surface area contributed by atoms with Crippen molar-refractivity contribution < 1.29 is 10.2 Å². The van der Waals surface area contributed by atoms with E-state index >= 15 is 0 Å². The zero-order valence-electron chi connectivity index (χ0n) is 15.6. The van der Waals surface area contributed by atoms with Gasteiger partial charge in [-0.05, 0) is 68.8 Å². The maximum Gasteiger partial charge on any atom is 0.225 e. The molecule has 1 aromatic rings. The summed E-state index contributed by atoms with van der Waals surface area (Å²) in [6.45, 7) is 0.718. The van der Waals surface area contributed by atoms with Crippen LogP contribution in [0.5, 0.6) is 0 Å². The second kappa shape index (κ2) is 6.45. The van der Waals surface area contributed by atoms with Crippen molar-refractivity contribution in [2.75, 3.05) is 18.1 Å². The van der Waals surface area contributed by atoms with Gasteiger partial charge in [0.05, 0.1) is 12.2 Å². The predicted molar refractivity (Wildman–Crippen MR) is 100.0 cm³/mol. The molecule has 1 aromatic heterocycles. The van der Waals surface area contributed by atoms with Crippen LogP contribution in [0, 0.1) is 17.8 Å². The molecule has 0 aromatic carbocycles. The van der Waals surface area contributed by atoms with Crippen LogP contribution in [-0.2, 0) is 0 Å². The highest BCUT2D eigenvalue weighted by molar-refractivity contribution is 5.35. The lowest BCUT2D eigenvalue weighted by molar-refractivity contribution is -0.134. The molecule has 4 bridgehead atoms. The van der Waals surface area contributed by atoms with E-state index in [1.807, 2.05) is 6.20 Å². The third kappa shape index (κ3) is 2.84. The molecule has 5 aliphatic carbocycles. The maximum atomic E-state index is 10.9. The van der Waals surface area contributed by atoms with Crippen molar-refractivity contribution in [3.05, 3.63) is 18.0 Å². The molecule has 0 saturated heterocycles. The van der Waals surface area contributed by atoms with Gasteiger partial charge >= 0.3 is 0 Å². The Hall–Kier alpha value is -1.20. The fraction of sp³-hybridized carbons (Fsp3) is 0.810. The zero-order valence-corrected chi connectivity index (χ0v) is 15.6. The van der Waals surface area contributed by atoms with E-state index in [-0.39, 0.29) is 6.61 Å². The third-order valence-corrected chi connectivity index (χ3v) is 7.59. The van der Waals surface area contributed by atoms with Gasteiger partial charge in [0.1, 0.15) is 0 Å². The van der Waals surface area contributed by atoms with E-state index in [0.29, 0.717) is 36.3 Å². The van der Waals surface area contributed by atoms with Gasteiger partial charge in [-0.25, -0.2) is 9.97 Å². The Labute approximate surface area is 155 Å². The summed E-state index contributed by atoms with van der Waals surface area (Å²) in [4.78, 5) is 11.9. The highest BCUT2D eigenvalue weighted by Crippen LogP contribution is 2.57. The monoisotopic (exact) mass is 357 g/mol. The first-order chi connectivity index (χ1) is 12.6. The first kappa shape index (κ1) is 16.9. The van der Waals surface area contributed by atoms with Crippen LogP contribution in [0.25, 0.3) is 0 Å². The number of hydrogen-bond acceptors (Lipinski definition) is 5. The Morgan fingerprint density at radius 3 is 2.50 bits per heavy atom. The largest absolute Gasteiger partial charge is 0.395 e. The van der Waals surface area contributed by atoms with Crippen LogP contribution in [0.3, 0.4) is 0 Å². The van der Waals surface area contributed by atoms with Crippen LogP contribution >= 0.6 is 0 Å². The number of nitrogens with zero attached hydrogens (tertiary/aromatic N) is 3. The van der Waals surface area contributed by atoms with Crippen LogP contribution < -0.4 is 4.90 Å². The third-order valence-electron chi connectivity index (χ3n) is 7.59. The molecule has 0 radical (unpaired) electrons. The van der Waals surface area contributed by atoms with Gasteiger partial charge in [-0.3, -0.25) is 0 Å². The highest BCUT2D eigenvalue weighted by Gasteiger charge is 2.56. The lowest BCUT2D eigenvalue weighted by atomic mass is 9.52. The molecule has 2 N–H and O–H groups in total. The van der Waals surface area contributed by atoms with Gasteiger partial charge in [0.2, 0.25) is 5.95 Å². The van der Waals surface area contributed by atoms with Gasteiger partial charge in [-0.1, -0.05) is 12.8 Å². The Kier molecular flexibility index (Phi) is 4.20. The first-order valence-electron chi connectivity index (χ1n) is 10.6. The van der Waals surface area contributed by atoms with Crippen molar-refractivity contribution in [3.8, 4) is 0 Å². The Morgan fingerprint density at radius 2 is 1.85 bits per heavy atom. The number of aromatic nitrogens is 2. The van der Waals surface area contributed by atoms with Crippen LogP contribution in [-0.4, -0.2) is 45.0 Å². The van der Waals surface area contributed by atoms with Crippen LogP contribution in [0.1, 0.15) is 69.4 Å². The Morgan fingerprint density at radius 1 is 1.12 bits per heavy atom. The molecule has 5 aliphatic rings. The van der Waals surface area contributed by atoms with Gasteiger partial charge in [0.15, 0.2) is 0 Å². The zero-order chi connectivity index (χ0) is 17.7. The molecule has 5 fully saturated rings. The average Bonchev–Trinajstić information content (AvgIpc) is 3.14. The summed E-state index contributed by atoms with van der Waals surface area (Å²) in [6, 6.07) is 2.45. The second-order valence-electron chi connectivity index (χ2n) is 9.36. The van der Waals surface area contributed by atoms with Crippen LogP contribution in [0.15, 0.2) is 12.3 Å². The normalized spacial score (nSPS) is 38.8. The minimum Gasteiger partial charge on any atom is -0.395 e. The van der Waals surface area contributed by atoms with Gasteiger partial charge in [0.25, 0.3) is 0 Å². The average molecular weight is 357 g/mol. The number of aliphatic hydroxyl groups excluding tert-OH is 1. The standard InChI is InChI=1S/C21H31N3O2/c25-8-7-24(20-22-6-5-18(23-20)15-3-1-2-4-15)19-16-9-14-10-17(19)13-21(26,11-14)12-16/h5-6,14-17,19,25-26H,1-4,7-13H2/t14?,16?,17?,19-,21+. The fourth-order valence-corrected chi connectivity index (χ4v) is 6.90. The lowest BCUT2D eigenvalue weighted by Gasteiger charge is -2.60. The number of aliphatic hydroxyl groups is 2. The molecule has 6 rings (SSSR count). The summed E-state index contributed by atoms with van der Waals surface area (Å²) in [5.41, 5.74) is 0.752. The van der Waals surface area contributed by atoms with Crippen LogP contribution in [0.2, 0.25) is 0 Å². The van der Waals surface area contributed by atoms with E-state index < -0.39 is 5.60 Å². The minimum absolute atomic E-state index is 0.126. The Balaban J connectivity index is 1.44. The summed E-state index contributed by atoms with van der Waals surface area (Å²) in [7, 11) is 0. The first-order valence-corrected chi connectivity index (χ1v) is 10.6. The molecule has 0 amide bonds. The van der Waals surface area contributed by atoms with Crippen LogP contribution in [0.4, 0.5) is 5.95 Å². The summed E-state index contributed by atoms with van der Waals surface area (Å²) < 4.78 is 0. The van der Waals surface area contributed by atoms with E-state index in [0.717, 1.165) is 25.2 Å². The molecule has 0 spiro atoms. The topological polar surface area (TPSA) is 69.5 Å². The number of rotatable bonds is 5. The summed E-state index contributed by atoms with van der Waals surface area (Å²) in [5.74, 6) is 3.09. The van der Waals surface area contributed by atoms with Crippen molar-refractivity contribution in [3.63, 3.8) is 0 Å². The molecule has 5 nitrogen and oxygen atoms in total. The summed E-state index contributed by atoms with van der Waals surface area (Å²) in [5, 5.41) is 20.6. The number of hydrogen-bond donors (Lipinski definition) is 2. The van der Waals surface area contributed by atoms with Crippen molar-refractivity contribution in [1.29, 1.82) is 0 Å². The van der Waals surface area contributed by atoms with Crippen molar-refractivity contribution >= 4 is 5.95 Å². The molecule has 2 atom stereocenters. The maximum absolute atomic E-state index is 10.9. The Bertz CT molecular complexity index is 644. The lowest BCUT2D eigenvalue weighted by Crippen LogP contribution is -2.62. The molecular formula is C21H31N3O2. The second-order valence-corrected chi connectivity index (χ2v) is 9.36. The van der Waals surface area contributed by atoms with Gasteiger partial charge in [0, 0.05) is 30.4 Å². The van der Waals surface area contributed by atoms with E-state index in [4.69, 9.17) is 4.98 Å². The highest BCUT2D eigenvalue weighted by atomic mass is 16.3. The van der Waals surface area contributed by atoms with Crippen molar-refractivity contribution in [1.82, 2.24) is 9.97 Å². The summed E-state index contributed by atoms with van der Waals surface area (Å²) >= 11 is 0. The molecular weight excluding hydrogens is 326 g/mol. The number of anilines is 1. The molecule has 5 heteroatoms. The molecule has 5 saturated carbocycles. The molecule has 26 heavy (non-hydrogen) atoms. The molecule has 2 unspecified atom stereocenters. The molecule has 1 heterocycles. The van der Waals surface area contributed by atoms with E-state index in [1.165, 1.54) is 44.2 Å². The SMILES string of the molecule is OCCN(c1nccc(C2CCCC2)n1)[C@H]1C2CC3CC1C[C@@](O)(C3)C2. The minimum atomic E-state index is -0.426. The van der Waals surface area contributed by atoms with E-state index in [1.54, 1.807) is 0 Å². The summed E-state index contributed by atoms with van der Waals surface area (Å²) in [6.07, 6.45) is 12.2. The van der Waals surface area contributed by atoms with Crippen molar-refractivity contribution in [2.24, 2.45) is 17.8 Å². The smallest absolute Gasteiger partial charge is 0.225 e. The molecule has 0 aliphatic heterocycles.